The van der Waals surface area contributed by atoms with E-state index < -0.39 is 0 Å². The molecular formula is C9H17NO2. The SMILES string of the molecule is CC1NCC2(CCOCC2)CO1. The summed E-state index contributed by atoms with van der Waals surface area (Å²) in [6.07, 6.45) is 2.53. The second kappa shape index (κ2) is 3.32. The van der Waals surface area contributed by atoms with Crippen LogP contribution in [0.2, 0.25) is 0 Å². The van der Waals surface area contributed by atoms with E-state index in [9.17, 15) is 0 Å². The molecular weight excluding hydrogens is 154 g/mol. The Balaban J connectivity index is 1.92. The maximum Gasteiger partial charge on any atom is 0.105 e. The highest BCUT2D eigenvalue weighted by Crippen LogP contribution is 2.32. The Hall–Kier alpha value is -0.120. The minimum Gasteiger partial charge on any atom is -0.381 e. The van der Waals surface area contributed by atoms with Gasteiger partial charge in [0.15, 0.2) is 0 Å². The van der Waals surface area contributed by atoms with E-state index in [1.165, 1.54) is 0 Å². The van der Waals surface area contributed by atoms with Gasteiger partial charge in [-0.25, -0.2) is 0 Å². The lowest BCUT2D eigenvalue weighted by Gasteiger charge is -2.42. The topological polar surface area (TPSA) is 30.5 Å². The van der Waals surface area contributed by atoms with Gasteiger partial charge in [-0.2, -0.15) is 0 Å². The maximum absolute atomic E-state index is 5.60. The first-order valence-electron chi connectivity index (χ1n) is 4.74. The lowest BCUT2D eigenvalue weighted by Crippen LogP contribution is -2.51. The summed E-state index contributed by atoms with van der Waals surface area (Å²) < 4.78 is 10.9. The number of hydrogen-bond acceptors (Lipinski definition) is 3. The zero-order valence-corrected chi connectivity index (χ0v) is 7.64. The van der Waals surface area contributed by atoms with Crippen LogP contribution in [0, 0.1) is 5.41 Å². The lowest BCUT2D eigenvalue weighted by molar-refractivity contribution is -0.102. The Morgan fingerprint density at radius 1 is 1.33 bits per heavy atom. The normalized spacial score (nSPS) is 35.2. The summed E-state index contributed by atoms with van der Waals surface area (Å²) in [5.41, 5.74) is 0.380. The van der Waals surface area contributed by atoms with Crippen molar-refractivity contribution in [2.24, 2.45) is 5.41 Å². The molecule has 1 unspecified atom stereocenters. The van der Waals surface area contributed by atoms with Crippen molar-refractivity contribution in [1.82, 2.24) is 5.32 Å². The summed E-state index contributed by atoms with van der Waals surface area (Å²) >= 11 is 0. The van der Waals surface area contributed by atoms with Gasteiger partial charge in [-0.1, -0.05) is 0 Å². The maximum atomic E-state index is 5.60. The highest BCUT2D eigenvalue weighted by Gasteiger charge is 2.36. The van der Waals surface area contributed by atoms with Gasteiger partial charge in [0.05, 0.1) is 6.61 Å². The Morgan fingerprint density at radius 3 is 2.67 bits per heavy atom. The molecule has 2 heterocycles. The summed E-state index contributed by atoms with van der Waals surface area (Å²) in [4.78, 5) is 0. The van der Waals surface area contributed by atoms with Gasteiger partial charge in [-0.3, -0.25) is 5.32 Å². The molecule has 1 N–H and O–H groups in total. The van der Waals surface area contributed by atoms with Crippen LogP contribution in [-0.4, -0.2) is 32.6 Å². The van der Waals surface area contributed by atoms with Crippen LogP contribution in [0.1, 0.15) is 19.8 Å². The van der Waals surface area contributed by atoms with Crippen LogP contribution in [0.15, 0.2) is 0 Å². The third-order valence-corrected chi connectivity index (χ3v) is 2.96. The molecule has 0 aromatic rings. The highest BCUT2D eigenvalue weighted by atomic mass is 16.5. The van der Waals surface area contributed by atoms with Crippen molar-refractivity contribution in [2.75, 3.05) is 26.4 Å². The summed E-state index contributed by atoms with van der Waals surface area (Å²) in [7, 11) is 0. The van der Waals surface area contributed by atoms with Crippen molar-refractivity contribution >= 4 is 0 Å². The van der Waals surface area contributed by atoms with Gasteiger partial charge >= 0.3 is 0 Å². The molecule has 0 saturated carbocycles. The van der Waals surface area contributed by atoms with Crippen LogP contribution >= 0.6 is 0 Å². The molecule has 0 amide bonds. The van der Waals surface area contributed by atoms with Crippen molar-refractivity contribution in [3.8, 4) is 0 Å². The first-order valence-corrected chi connectivity index (χ1v) is 4.74. The molecule has 2 fully saturated rings. The standard InChI is InChI=1S/C9H17NO2/c1-8-10-6-9(7-12-8)2-4-11-5-3-9/h8,10H,2-7H2,1H3. The summed E-state index contributed by atoms with van der Waals surface area (Å²) in [6, 6.07) is 0. The van der Waals surface area contributed by atoms with Crippen LogP contribution in [0.25, 0.3) is 0 Å². The molecule has 2 rings (SSSR count). The zero-order valence-electron chi connectivity index (χ0n) is 7.64. The molecule has 1 atom stereocenters. The third-order valence-electron chi connectivity index (χ3n) is 2.96. The van der Waals surface area contributed by atoms with Crippen LogP contribution in [0.5, 0.6) is 0 Å². The Morgan fingerprint density at radius 2 is 2.08 bits per heavy atom. The molecule has 0 bridgehead atoms. The van der Waals surface area contributed by atoms with Crippen molar-refractivity contribution in [1.29, 1.82) is 0 Å². The Kier molecular flexibility index (Phi) is 2.35. The summed E-state index contributed by atoms with van der Waals surface area (Å²) in [5, 5.41) is 3.36. The van der Waals surface area contributed by atoms with Crippen molar-refractivity contribution in [3.63, 3.8) is 0 Å². The first-order chi connectivity index (χ1) is 5.81. The lowest BCUT2D eigenvalue weighted by atomic mass is 9.80. The Bertz CT molecular complexity index is 145. The fourth-order valence-electron chi connectivity index (χ4n) is 1.90. The molecule has 2 aliphatic heterocycles. The van der Waals surface area contributed by atoms with Gasteiger partial charge < -0.3 is 9.47 Å². The number of rotatable bonds is 0. The fraction of sp³-hybridized carbons (Fsp3) is 1.00. The van der Waals surface area contributed by atoms with E-state index in [1.807, 2.05) is 0 Å². The van der Waals surface area contributed by atoms with Crippen molar-refractivity contribution in [3.05, 3.63) is 0 Å². The van der Waals surface area contributed by atoms with E-state index in [0.717, 1.165) is 39.2 Å². The molecule has 2 saturated heterocycles. The second-order valence-electron chi connectivity index (χ2n) is 3.95. The number of ether oxygens (including phenoxy) is 2. The van der Waals surface area contributed by atoms with Crippen molar-refractivity contribution < 1.29 is 9.47 Å². The molecule has 0 aromatic heterocycles. The largest absolute Gasteiger partial charge is 0.381 e. The molecule has 3 nitrogen and oxygen atoms in total. The number of nitrogens with one attached hydrogen (secondary N) is 1. The Labute approximate surface area is 73.4 Å². The minimum absolute atomic E-state index is 0.235. The van der Waals surface area contributed by atoms with E-state index in [0.29, 0.717) is 5.41 Å². The number of hydrogen-bond donors (Lipinski definition) is 1. The molecule has 3 heteroatoms. The molecule has 0 radical (unpaired) electrons. The molecule has 12 heavy (non-hydrogen) atoms. The van der Waals surface area contributed by atoms with E-state index in [1.54, 1.807) is 0 Å². The minimum atomic E-state index is 0.235. The predicted molar refractivity (Wildman–Crippen MR) is 45.9 cm³/mol. The van der Waals surface area contributed by atoms with E-state index >= 15 is 0 Å². The van der Waals surface area contributed by atoms with Gasteiger partial charge in [-0.05, 0) is 19.8 Å². The van der Waals surface area contributed by atoms with Crippen molar-refractivity contribution in [2.45, 2.75) is 26.0 Å². The molecule has 70 valence electrons. The summed E-state index contributed by atoms with van der Waals surface area (Å²) in [5.74, 6) is 0. The fourth-order valence-corrected chi connectivity index (χ4v) is 1.90. The third kappa shape index (κ3) is 1.63. The predicted octanol–water partition coefficient (Wildman–Crippen LogP) is 0.749. The average molecular weight is 171 g/mol. The van der Waals surface area contributed by atoms with E-state index in [-0.39, 0.29) is 6.23 Å². The van der Waals surface area contributed by atoms with E-state index in [2.05, 4.69) is 12.2 Å². The van der Waals surface area contributed by atoms with Crippen LogP contribution < -0.4 is 5.32 Å². The van der Waals surface area contributed by atoms with Gasteiger partial charge in [0, 0.05) is 25.2 Å². The quantitative estimate of drug-likeness (QED) is 0.583. The van der Waals surface area contributed by atoms with Crippen LogP contribution in [0.3, 0.4) is 0 Å². The van der Waals surface area contributed by atoms with E-state index in [4.69, 9.17) is 9.47 Å². The summed E-state index contributed by atoms with van der Waals surface area (Å²) in [6.45, 7) is 5.87. The highest BCUT2D eigenvalue weighted by molar-refractivity contribution is 4.86. The molecule has 2 aliphatic rings. The average Bonchev–Trinajstić information content (AvgIpc) is 2.13. The second-order valence-corrected chi connectivity index (χ2v) is 3.95. The molecule has 1 spiro atoms. The van der Waals surface area contributed by atoms with Crippen LogP contribution in [-0.2, 0) is 9.47 Å². The van der Waals surface area contributed by atoms with Gasteiger partial charge in [-0.15, -0.1) is 0 Å². The van der Waals surface area contributed by atoms with Crippen LogP contribution in [0.4, 0.5) is 0 Å². The van der Waals surface area contributed by atoms with Gasteiger partial charge in [0.2, 0.25) is 0 Å². The first kappa shape index (κ1) is 8.48. The zero-order chi connectivity index (χ0) is 8.44. The smallest absolute Gasteiger partial charge is 0.105 e. The molecule has 0 aliphatic carbocycles. The monoisotopic (exact) mass is 171 g/mol. The van der Waals surface area contributed by atoms with Gasteiger partial charge in [0.25, 0.3) is 0 Å². The molecule has 0 aromatic carbocycles. The van der Waals surface area contributed by atoms with Gasteiger partial charge in [0.1, 0.15) is 6.23 Å².